The Hall–Kier alpha value is -8.44. The van der Waals surface area contributed by atoms with Crippen LogP contribution in [-0.4, -0.2) is 4.57 Å². The predicted molar refractivity (Wildman–Crippen MR) is 282 cm³/mol. The molecule has 0 saturated carbocycles. The molecule has 3 heterocycles. The monoisotopic (exact) mass is 858 g/mol. The smallest absolute Gasteiger partial charge is 0.143 e. The number of furan rings is 1. The molecule has 0 atom stereocenters. The van der Waals surface area contributed by atoms with E-state index in [1.54, 1.807) is 0 Å². The number of hydrogen-bond donors (Lipinski definition) is 0. The summed E-state index contributed by atoms with van der Waals surface area (Å²) >= 11 is 1.87. The third kappa shape index (κ3) is 5.49. The summed E-state index contributed by atoms with van der Waals surface area (Å²) in [6.45, 7) is 0. The highest BCUT2D eigenvalue weighted by Gasteiger charge is 2.27. The zero-order valence-electron chi connectivity index (χ0n) is 35.7. The minimum Gasteiger partial charge on any atom is -0.455 e. The van der Waals surface area contributed by atoms with E-state index < -0.39 is 0 Å². The first-order chi connectivity index (χ1) is 32.8. The molecule has 0 aliphatic carbocycles. The first-order valence-corrected chi connectivity index (χ1v) is 23.3. The largest absolute Gasteiger partial charge is 0.455 e. The van der Waals surface area contributed by atoms with Gasteiger partial charge in [-0.1, -0.05) is 176 Å². The fraction of sp³-hybridized carbons (Fsp3) is 0. The molecule has 4 heteroatoms. The first-order valence-electron chi connectivity index (χ1n) is 22.5. The van der Waals surface area contributed by atoms with Crippen LogP contribution < -0.4 is 4.90 Å². The highest BCUT2D eigenvalue weighted by molar-refractivity contribution is 7.26. The Morgan fingerprint density at radius 3 is 1.79 bits per heavy atom. The first kappa shape index (κ1) is 37.0. The summed E-state index contributed by atoms with van der Waals surface area (Å²) in [6, 6.07) is 84.1. The van der Waals surface area contributed by atoms with Gasteiger partial charge < -0.3 is 13.9 Å². The minimum absolute atomic E-state index is 0.885. The van der Waals surface area contributed by atoms with E-state index in [9.17, 15) is 0 Å². The molecule has 0 saturated heterocycles. The van der Waals surface area contributed by atoms with Crippen molar-refractivity contribution in [1.82, 2.24) is 4.57 Å². The summed E-state index contributed by atoms with van der Waals surface area (Å²) in [5.74, 6) is 0. The maximum absolute atomic E-state index is 6.77. The van der Waals surface area contributed by atoms with Crippen molar-refractivity contribution >= 4 is 114 Å². The van der Waals surface area contributed by atoms with Crippen LogP contribution in [0, 0.1) is 0 Å². The third-order valence-corrected chi connectivity index (χ3v) is 14.8. The molecule has 14 aromatic rings. The second kappa shape index (κ2) is 14.5. The molecule has 0 aliphatic rings. The average Bonchev–Trinajstić information content (AvgIpc) is 4.07. The molecule has 11 aromatic carbocycles. The second-order valence-electron chi connectivity index (χ2n) is 17.1. The lowest BCUT2D eigenvalue weighted by atomic mass is 9.94. The van der Waals surface area contributed by atoms with Crippen LogP contribution in [0.5, 0.6) is 0 Å². The van der Waals surface area contributed by atoms with Gasteiger partial charge >= 0.3 is 0 Å². The van der Waals surface area contributed by atoms with E-state index in [1.165, 1.54) is 69.1 Å². The van der Waals surface area contributed by atoms with E-state index in [4.69, 9.17) is 4.42 Å². The molecule has 3 aromatic heterocycles. The Morgan fingerprint density at radius 1 is 0.379 bits per heavy atom. The summed E-state index contributed by atoms with van der Waals surface area (Å²) in [6.07, 6.45) is 0. The van der Waals surface area contributed by atoms with Crippen LogP contribution in [0.3, 0.4) is 0 Å². The number of fused-ring (bicyclic) bond motifs is 12. The van der Waals surface area contributed by atoms with E-state index in [2.05, 4.69) is 234 Å². The lowest BCUT2D eigenvalue weighted by Crippen LogP contribution is -2.13. The summed E-state index contributed by atoms with van der Waals surface area (Å²) in [4.78, 5) is 2.53. The van der Waals surface area contributed by atoms with Gasteiger partial charge in [0, 0.05) is 69.5 Å². The average molecular weight is 859 g/mol. The van der Waals surface area contributed by atoms with Gasteiger partial charge in [-0.05, 0) is 76.3 Å². The lowest BCUT2D eigenvalue weighted by molar-refractivity contribution is 0.670. The van der Waals surface area contributed by atoms with Gasteiger partial charge in [0.2, 0.25) is 0 Å². The van der Waals surface area contributed by atoms with Gasteiger partial charge in [0.05, 0.1) is 28.1 Å². The standard InChI is InChI=1S/C62H38N2OS/c1-2-17-42-40(16-1)38-57(44-19-4-3-18-43(42)44)64(55-29-12-7-22-47(55)50-25-15-26-51-48-23-8-13-30-58(48)65-61(50)51)56-37-36-52-49-24-9-14-31-59(49)66-62(52)60(56)39-32-34-41(35-33-39)63-53-27-10-5-20-45(53)46-21-6-11-28-54(46)63/h1-38H. The van der Waals surface area contributed by atoms with E-state index in [0.717, 1.165) is 61.4 Å². The molecule has 14 rings (SSSR count). The van der Waals surface area contributed by atoms with Crippen molar-refractivity contribution in [3.8, 4) is 27.9 Å². The number of anilines is 3. The molecule has 0 N–H and O–H groups in total. The van der Waals surface area contributed by atoms with Gasteiger partial charge in [-0.3, -0.25) is 0 Å². The van der Waals surface area contributed by atoms with Crippen LogP contribution >= 0.6 is 11.3 Å². The van der Waals surface area contributed by atoms with Gasteiger partial charge in [-0.25, -0.2) is 0 Å². The van der Waals surface area contributed by atoms with Crippen molar-refractivity contribution in [1.29, 1.82) is 0 Å². The number of aromatic nitrogens is 1. The molecule has 3 nitrogen and oxygen atoms in total. The molecular formula is C62H38N2OS. The molecule has 0 unspecified atom stereocenters. The van der Waals surface area contributed by atoms with Crippen molar-refractivity contribution in [2.24, 2.45) is 0 Å². The van der Waals surface area contributed by atoms with E-state index >= 15 is 0 Å². The normalized spacial score (nSPS) is 11.9. The second-order valence-corrected chi connectivity index (χ2v) is 18.2. The van der Waals surface area contributed by atoms with E-state index in [0.29, 0.717) is 0 Å². The Kier molecular flexibility index (Phi) is 8.15. The number of thiophene rings is 1. The van der Waals surface area contributed by atoms with E-state index in [-0.39, 0.29) is 0 Å². The van der Waals surface area contributed by atoms with Gasteiger partial charge in [0.25, 0.3) is 0 Å². The van der Waals surface area contributed by atoms with Gasteiger partial charge in [0.1, 0.15) is 11.2 Å². The van der Waals surface area contributed by atoms with Crippen molar-refractivity contribution < 1.29 is 4.42 Å². The maximum Gasteiger partial charge on any atom is 0.143 e. The van der Waals surface area contributed by atoms with Gasteiger partial charge in [0.15, 0.2) is 0 Å². The van der Waals surface area contributed by atoms with Crippen molar-refractivity contribution in [3.05, 3.63) is 231 Å². The van der Waals surface area contributed by atoms with Crippen LogP contribution in [0.25, 0.3) is 113 Å². The molecular weight excluding hydrogens is 821 g/mol. The molecule has 0 fully saturated rings. The fourth-order valence-corrected chi connectivity index (χ4v) is 12.0. The quantitative estimate of drug-likeness (QED) is 0.155. The Morgan fingerprint density at radius 2 is 0.985 bits per heavy atom. The zero-order valence-corrected chi connectivity index (χ0v) is 36.5. The highest BCUT2D eigenvalue weighted by atomic mass is 32.1. The van der Waals surface area contributed by atoms with Crippen LogP contribution in [0.1, 0.15) is 0 Å². The Balaban J connectivity index is 1.08. The number of nitrogens with zero attached hydrogens (tertiary/aromatic N) is 2. The topological polar surface area (TPSA) is 21.3 Å². The van der Waals surface area contributed by atoms with Crippen molar-refractivity contribution in [3.63, 3.8) is 0 Å². The Bertz CT molecular complexity index is 4190. The van der Waals surface area contributed by atoms with Crippen molar-refractivity contribution in [2.45, 2.75) is 0 Å². The summed E-state index contributed by atoms with van der Waals surface area (Å²) in [7, 11) is 0. The summed E-state index contributed by atoms with van der Waals surface area (Å²) < 4.78 is 11.7. The Labute approximate surface area is 384 Å². The van der Waals surface area contributed by atoms with Crippen LogP contribution in [0.2, 0.25) is 0 Å². The van der Waals surface area contributed by atoms with Crippen molar-refractivity contribution in [2.75, 3.05) is 4.90 Å². The van der Waals surface area contributed by atoms with Gasteiger partial charge in [-0.2, -0.15) is 0 Å². The molecule has 0 bridgehead atoms. The van der Waals surface area contributed by atoms with Gasteiger partial charge in [-0.15, -0.1) is 11.3 Å². The predicted octanol–water partition coefficient (Wildman–Crippen LogP) is 18.2. The zero-order chi connectivity index (χ0) is 43.3. The number of hydrogen-bond acceptors (Lipinski definition) is 3. The number of rotatable bonds is 6. The van der Waals surface area contributed by atoms with Crippen LogP contribution in [0.4, 0.5) is 17.1 Å². The van der Waals surface area contributed by atoms with E-state index in [1.807, 2.05) is 17.4 Å². The molecule has 66 heavy (non-hydrogen) atoms. The number of benzene rings is 11. The summed E-state index contributed by atoms with van der Waals surface area (Å²) in [5.41, 5.74) is 13.0. The molecule has 0 spiro atoms. The summed E-state index contributed by atoms with van der Waals surface area (Å²) in [5, 5.41) is 12.1. The number of para-hydroxylation sites is 5. The molecule has 0 amide bonds. The SMILES string of the molecule is c1ccc(N(c2ccc3c(sc4ccccc43)c2-c2ccc(-n3c4ccccc4c4ccccc43)cc2)c2cc3ccccc3c3ccccc23)c(-c2cccc3c2oc2ccccc23)c1. The van der Waals surface area contributed by atoms with Crippen LogP contribution in [-0.2, 0) is 0 Å². The maximum atomic E-state index is 6.77. The minimum atomic E-state index is 0.885. The lowest BCUT2D eigenvalue weighted by Gasteiger charge is -2.31. The molecule has 308 valence electrons. The van der Waals surface area contributed by atoms with Crippen LogP contribution in [0.15, 0.2) is 235 Å². The highest BCUT2D eigenvalue weighted by Crippen LogP contribution is 2.53. The molecule has 0 radical (unpaired) electrons. The fourth-order valence-electron chi connectivity index (χ4n) is 10.7. The molecule has 0 aliphatic heterocycles. The third-order valence-electron chi connectivity index (χ3n) is 13.6.